The van der Waals surface area contributed by atoms with Crippen LogP contribution in [0.5, 0.6) is 0 Å². The molecule has 4 heteroatoms. The van der Waals surface area contributed by atoms with Gasteiger partial charge in [-0.05, 0) is 18.9 Å². The Morgan fingerprint density at radius 1 is 1.04 bits per heavy atom. The number of allylic oxidation sites excluding steroid dienone is 1. The molecular weight excluding hydrogens is 326 g/mol. The van der Waals surface area contributed by atoms with Gasteiger partial charge in [-0.2, -0.15) is 0 Å². The molecule has 1 aliphatic rings. The fourth-order valence-electron chi connectivity index (χ4n) is 3.76. The molecular formula is C22H23NO3. The number of cyclic esters (lactones) is 1. The van der Waals surface area contributed by atoms with E-state index in [0.717, 1.165) is 11.1 Å². The topological polar surface area (TPSA) is 46.6 Å². The van der Waals surface area contributed by atoms with Gasteiger partial charge in [0.2, 0.25) is 0 Å². The van der Waals surface area contributed by atoms with Crippen LogP contribution in [0.15, 0.2) is 72.8 Å². The molecule has 0 aromatic heterocycles. The summed E-state index contributed by atoms with van der Waals surface area (Å²) in [5.41, 5.74) is 0.674. The van der Waals surface area contributed by atoms with Crippen molar-refractivity contribution < 1.29 is 14.3 Å². The molecule has 0 bridgehead atoms. The normalized spacial score (nSPS) is 19.2. The van der Waals surface area contributed by atoms with Crippen molar-refractivity contribution in [1.29, 1.82) is 0 Å². The van der Waals surface area contributed by atoms with Gasteiger partial charge in [-0.3, -0.25) is 4.79 Å². The minimum absolute atomic E-state index is 0.00364. The minimum atomic E-state index is -1.04. The third-order valence-electron chi connectivity index (χ3n) is 4.72. The molecule has 2 amide bonds. The monoisotopic (exact) mass is 349 g/mol. The van der Waals surface area contributed by atoms with E-state index in [1.165, 1.54) is 11.0 Å². The van der Waals surface area contributed by atoms with E-state index in [0.29, 0.717) is 0 Å². The largest absolute Gasteiger partial charge is 0.430 e. The van der Waals surface area contributed by atoms with Gasteiger partial charge in [0, 0.05) is 11.1 Å². The average molecular weight is 349 g/mol. The molecule has 2 aromatic rings. The molecule has 1 saturated heterocycles. The Hall–Kier alpha value is -2.88. The third-order valence-corrected chi connectivity index (χ3v) is 4.72. The molecule has 134 valence electrons. The molecule has 0 radical (unpaired) electrons. The van der Waals surface area contributed by atoms with Crippen LogP contribution in [0.1, 0.15) is 31.9 Å². The number of imide groups is 1. The van der Waals surface area contributed by atoms with Crippen LogP contribution < -0.4 is 0 Å². The van der Waals surface area contributed by atoms with Crippen LogP contribution in [-0.4, -0.2) is 22.9 Å². The zero-order valence-corrected chi connectivity index (χ0v) is 15.3. The van der Waals surface area contributed by atoms with Crippen molar-refractivity contribution in [2.24, 2.45) is 5.92 Å². The Balaban J connectivity index is 2.26. The van der Waals surface area contributed by atoms with Crippen molar-refractivity contribution >= 4 is 12.0 Å². The van der Waals surface area contributed by atoms with Crippen molar-refractivity contribution in [2.75, 3.05) is 0 Å². The third kappa shape index (κ3) is 2.81. The van der Waals surface area contributed by atoms with Gasteiger partial charge >= 0.3 is 6.09 Å². The number of amides is 2. The number of ether oxygens (including phenoxy) is 1. The van der Waals surface area contributed by atoms with Crippen LogP contribution in [0.4, 0.5) is 4.79 Å². The predicted molar refractivity (Wildman–Crippen MR) is 100 cm³/mol. The van der Waals surface area contributed by atoms with Crippen LogP contribution in [-0.2, 0) is 15.1 Å². The van der Waals surface area contributed by atoms with E-state index >= 15 is 0 Å². The van der Waals surface area contributed by atoms with Crippen LogP contribution in [0.3, 0.4) is 0 Å². The fourth-order valence-corrected chi connectivity index (χ4v) is 3.76. The highest BCUT2D eigenvalue weighted by Gasteiger charge is 2.58. The molecule has 2 aromatic carbocycles. The first-order valence-corrected chi connectivity index (χ1v) is 8.82. The molecule has 0 aliphatic carbocycles. The summed E-state index contributed by atoms with van der Waals surface area (Å²) in [7, 11) is 0. The van der Waals surface area contributed by atoms with E-state index in [1.807, 2.05) is 74.5 Å². The highest BCUT2D eigenvalue weighted by Crippen LogP contribution is 2.47. The standard InChI is InChI=1S/C22H23NO3/c1-4-11-19(24)23-20(16(2)3)22(26-21(23)25,17-12-7-5-8-13-17)18-14-9-6-10-15-18/h4-16,20H,1-3H3. The van der Waals surface area contributed by atoms with Crippen molar-refractivity contribution in [3.05, 3.63) is 83.9 Å². The molecule has 0 saturated carbocycles. The van der Waals surface area contributed by atoms with Gasteiger partial charge in [0.25, 0.3) is 5.91 Å². The molecule has 1 atom stereocenters. The van der Waals surface area contributed by atoms with Crippen molar-refractivity contribution in [1.82, 2.24) is 4.90 Å². The second-order valence-electron chi connectivity index (χ2n) is 6.73. The Morgan fingerprint density at radius 3 is 1.96 bits per heavy atom. The maximum absolute atomic E-state index is 12.8. The van der Waals surface area contributed by atoms with Gasteiger partial charge in [0.1, 0.15) is 0 Å². The average Bonchev–Trinajstić information content (AvgIpc) is 2.98. The first-order valence-electron chi connectivity index (χ1n) is 8.82. The lowest BCUT2D eigenvalue weighted by Gasteiger charge is -2.37. The number of hydrogen-bond acceptors (Lipinski definition) is 3. The summed E-state index contributed by atoms with van der Waals surface area (Å²) in [6.45, 7) is 5.76. The summed E-state index contributed by atoms with van der Waals surface area (Å²) < 4.78 is 6.01. The maximum Gasteiger partial charge on any atom is 0.418 e. The van der Waals surface area contributed by atoms with Crippen molar-refractivity contribution in [3.8, 4) is 0 Å². The number of nitrogens with zero attached hydrogens (tertiary/aromatic N) is 1. The summed E-state index contributed by atoms with van der Waals surface area (Å²) in [4.78, 5) is 26.7. The van der Waals surface area contributed by atoms with E-state index in [2.05, 4.69) is 0 Å². The number of rotatable bonds is 4. The number of carbonyl (C=O) groups excluding carboxylic acids is 2. The van der Waals surface area contributed by atoms with Crippen molar-refractivity contribution in [2.45, 2.75) is 32.4 Å². The Labute approximate surface area is 154 Å². The second kappa shape index (κ2) is 7.16. The van der Waals surface area contributed by atoms with E-state index < -0.39 is 17.7 Å². The Morgan fingerprint density at radius 2 is 1.54 bits per heavy atom. The second-order valence-corrected chi connectivity index (χ2v) is 6.73. The van der Waals surface area contributed by atoms with Gasteiger partial charge < -0.3 is 4.74 Å². The van der Waals surface area contributed by atoms with Gasteiger partial charge in [-0.15, -0.1) is 0 Å². The zero-order valence-electron chi connectivity index (χ0n) is 15.3. The summed E-state index contributed by atoms with van der Waals surface area (Å²) in [6.07, 6.45) is 2.43. The molecule has 0 N–H and O–H groups in total. The van der Waals surface area contributed by atoms with E-state index in [4.69, 9.17) is 4.74 Å². The first kappa shape index (κ1) is 17.9. The Bertz CT molecular complexity index is 772. The molecule has 0 spiro atoms. The molecule has 3 rings (SSSR count). The number of carbonyl (C=O) groups is 2. The molecule has 26 heavy (non-hydrogen) atoms. The molecule has 4 nitrogen and oxygen atoms in total. The first-order chi connectivity index (χ1) is 12.5. The summed E-state index contributed by atoms with van der Waals surface area (Å²) in [5, 5.41) is 0. The maximum atomic E-state index is 12.8. The van der Waals surface area contributed by atoms with Gasteiger partial charge in [0.05, 0.1) is 6.04 Å². The summed E-state index contributed by atoms with van der Waals surface area (Å²) >= 11 is 0. The molecule has 1 fully saturated rings. The lowest BCUT2D eigenvalue weighted by atomic mass is 9.75. The highest BCUT2D eigenvalue weighted by molar-refractivity contribution is 6.00. The predicted octanol–water partition coefficient (Wildman–Crippen LogP) is 4.51. The molecule has 1 unspecified atom stereocenters. The van der Waals surface area contributed by atoms with E-state index in [-0.39, 0.29) is 11.8 Å². The van der Waals surface area contributed by atoms with E-state index in [9.17, 15) is 9.59 Å². The van der Waals surface area contributed by atoms with E-state index in [1.54, 1.807) is 13.0 Å². The number of benzene rings is 2. The van der Waals surface area contributed by atoms with Crippen LogP contribution in [0, 0.1) is 5.92 Å². The Kier molecular flexibility index (Phi) is 4.94. The van der Waals surface area contributed by atoms with Crippen LogP contribution in [0.25, 0.3) is 0 Å². The lowest BCUT2D eigenvalue weighted by Crippen LogP contribution is -2.49. The summed E-state index contributed by atoms with van der Waals surface area (Å²) in [6, 6.07) is 18.8. The van der Waals surface area contributed by atoms with Gasteiger partial charge in [-0.25, -0.2) is 9.69 Å². The number of hydrogen-bond donors (Lipinski definition) is 0. The van der Waals surface area contributed by atoms with Crippen LogP contribution >= 0.6 is 0 Å². The highest BCUT2D eigenvalue weighted by atomic mass is 16.6. The van der Waals surface area contributed by atoms with Gasteiger partial charge in [-0.1, -0.05) is 80.6 Å². The molecule has 1 aliphatic heterocycles. The van der Waals surface area contributed by atoms with Crippen molar-refractivity contribution in [3.63, 3.8) is 0 Å². The van der Waals surface area contributed by atoms with Gasteiger partial charge in [0.15, 0.2) is 5.60 Å². The fraction of sp³-hybridized carbons (Fsp3) is 0.273. The molecule has 1 heterocycles. The summed E-state index contributed by atoms with van der Waals surface area (Å²) in [5.74, 6) is -0.360. The van der Waals surface area contributed by atoms with Crippen LogP contribution in [0.2, 0.25) is 0 Å². The smallest absolute Gasteiger partial charge is 0.418 e. The zero-order chi connectivity index (χ0) is 18.7. The minimum Gasteiger partial charge on any atom is -0.430 e. The SMILES string of the molecule is CC=CC(=O)N1C(=O)OC(c2ccccc2)(c2ccccc2)C1C(C)C. The lowest BCUT2D eigenvalue weighted by molar-refractivity contribution is -0.125. The quantitative estimate of drug-likeness (QED) is 0.763.